The molecule has 0 saturated carbocycles. The maximum atomic E-state index is 2.49. The molecule has 0 bridgehead atoms. The number of fused-ring (bicyclic) bond motifs is 5. The van der Waals surface area contributed by atoms with E-state index in [-0.39, 0.29) is 0 Å². The molecule has 1 aliphatic carbocycles. The summed E-state index contributed by atoms with van der Waals surface area (Å²) in [5.41, 5.74) is 17.4. The van der Waals surface area contributed by atoms with Crippen LogP contribution in [0.3, 0.4) is 0 Å². The largest absolute Gasteiger partial charge is 0.310 e. The van der Waals surface area contributed by atoms with Crippen molar-refractivity contribution >= 4 is 38.6 Å². The smallest absolute Gasteiger partial charge is 0.0714 e. The summed E-state index contributed by atoms with van der Waals surface area (Å²) in [6, 6.07) is 96.1. The van der Waals surface area contributed by atoms with Gasteiger partial charge in [0.2, 0.25) is 0 Å². The molecule has 1 nitrogen and oxygen atoms in total. The summed E-state index contributed by atoms with van der Waals surface area (Å²) in [5.74, 6) is 0. The van der Waals surface area contributed by atoms with Gasteiger partial charge in [0, 0.05) is 16.9 Å². The van der Waals surface area contributed by atoms with Gasteiger partial charge in [0.25, 0.3) is 0 Å². The van der Waals surface area contributed by atoms with Crippen molar-refractivity contribution < 1.29 is 0 Å². The predicted octanol–water partition coefficient (Wildman–Crippen LogP) is 16.8. The average molecular weight is 814 g/mol. The minimum atomic E-state index is -0.540. The Morgan fingerprint density at radius 2 is 0.703 bits per heavy atom. The molecular weight excluding hydrogens is 771 g/mol. The molecule has 0 aliphatic heterocycles. The van der Waals surface area contributed by atoms with Crippen molar-refractivity contribution in [1.82, 2.24) is 0 Å². The highest BCUT2D eigenvalue weighted by Gasteiger charge is 2.46. The molecular formula is C63H43N. The van der Waals surface area contributed by atoms with Crippen LogP contribution in [0, 0.1) is 0 Å². The second kappa shape index (κ2) is 15.6. The van der Waals surface area contributed by atoms with Gasteiger partial charge in [-0.15, -0.1) is 0 Å². The van der Waals surface area contributed by atoms with Crippen molar-refractivity contribution in [2.45, 2.75) is 5.41 Å². The van der Waals surface area contributed by atoms with Gasteiger partial charge in [-0.3, -0.25) is 0 Å². The summed E-state index contributed by atoms with van der Waals surface area (Å²) in [4.78, 5) is 2.49. The van der Waals surface area contributed by atoms with Gasteiger partial charge < -0.3 is 4.90 Å². The lowest BCUT2D eigenvalue weighted by Crippen LogP contribution is -2.28. The number of hydrogen-bond acceptors (Lipinski definition) is 1. The number of nitrogens with zero attached hydrogens (tertiary/aromatic N) is 1. The minimum absolute atomic E-state index is 0.540. The third-order valence-electron chi connectivity index (χ3n) is 13.3. The van der Waals surface area contributed by atoms with Crippen molar-refractivity contribution in [3.8, 4) is 44.5 Å². The van der Waals surface area contributed by atoms with E-state index in [1.807, 2.05) is 0 Å². The van der Waals surface area contributed by atoms with Gasteiger partial charge in [-0.25, -0.2) is 0 Å². The fraction of sp³-hybridized carbons (Fsp3) is 0.0159. The Balaban J connectivity index is 1.14. The van der Waals surface area contributed by atoms with Crippen LogP contribution in [0.15, 0.2) is 261 Å². The van der Waals surface area contributed by atoms with E-state index in [9.17, 15) is 0 Å². The standard InChI is InChI=1S/C63H43N/c1-4-16-44(17-5-1)47-32-35-55(36-33-47)64(56-37-39-59-58-26-14-15-27-60(58)63(61(59)43-56,53-22-6-2-7-23-53)54-24-8-3-9-25-54)62-42-51(50-30-28-45-18-10-12-20-48(45)40-50)34-38-57(62)52-31-29-46-19-11-13-21-49(46)41-52/h1-43H. The molecule has 0 spiro atoms. The maximum absolute atomic E-state index is 2.49. The van der Waals surface area contributed by atoms with Crippen molar-refractivity contribution in [2.75, 3.05) is 4.90 Å². The van der Waals surface area contributed by atoms with E-state index in [0.717, 1.165) is 28.2 Å². The first-order valence-electron chi connectivity index (χ1n) is 22.2. The summed E-state index contributed by atoms with van der Waals surface area (Å²) >= 11 is 0. The molecule has 0 amide bonds. The molecule has 0 fully saturated rings. The molecule has 0 N–H and O–H groups in total. The quantitative estimate of drug-likeness (QED) is 0.148. The van der Waals surface area contributed by atoms with Crippen LogP contribution < -0.4 is 4.90 Å². The van der Waals surface area contributed by atoms with E-state index in [2.05, 4.69) is 266 Å². The number of rotatable bonds is 8. The van der Waals surface area contributed by atoms with Crippen molar-refractivity contribution in [2.24, 2.45) is 0 Å². The Morgan fingerprint density at radius 3 is 1.38 bits per heavy atom. The highest BCUT2D eigenvalue weighted by molar-refractivity contribution is 5.97. The number of anilines is 3. The van der Waals surface area contributed by atoms with Crippen LogP contribution in [0.1, 0.15) is 22.3 Å². The van der Waals surface area contributed by atoms with Gasteiger partial charge >= 0.3 is 0 Å². The van der Waals surface area contributed by atoms with E-state index in [4.69, 9.17) is 0 Å². The molecule has 0 unspecified atom stereocenters. The first-order valence-corrected chi connectivity index (χ1v) is 22.2. The van der Waals surface area contributed by atoms with Crippen LogP contribution in [0.2, 0.25) is 0 Å². The first-order chi connectivity index (χ1) is 31.7. The summed E-state index contributed by atoms with van der Waals surface area (Å²) in [6.45, 7) is 0. The van der Waals surface area contributed by atoms with Crippen molar-refractivity contribution in [3.63, 3.8) is 0 Å². The molecule has 0 atom stereocenters. The van der Waals surface area contributed by atoms with E-state index in [0.29, 0.717) is 0 Å². The molecule has 12 rings (SSSR count). The van der Waals surface area contributed by atoms with E-state index < -0.39 is 5.41 Å². The summed E-state index contributed by atoms with van der Waals surface area (Å²) in [6.07, 6.45) is 0. The lowest BCUT2D eigenvalue weighted by Gasteiger charge is -2.35. The molecule has 0 heterocycles. The Labute approximate surface area is 374 Å². The fourth-order valence-electron chi connectivity index (χ4n) is 10.3. The van der Waals surface area contributed by atoms with E-state index in [1.54, 1.807) is 0 Å². The monoisotopic (exact) mass is 813 g/mol. The molecule has 0 radical (unpaired) electrons. The van der Waals surface area contributed by atoms with Gasteiger partial charge in [0.1, 0.15) is 0 Å². The molecule has 11 aromatic rings. The fourth-order valence-corrected chi connectivity index (χ4v) is 10.3. The molecule has 64 heavy (non-hydrogen) atoms. The molecule has 1 aliphatic rings. The second-order valence-electron chi connectivity index (χ2n) is 16.9. The van der Waals surface area contributed by atoms with Crippen LogP contribution in [0.4, 0.5) is 17.1 Å². The van der Waals surface area contributed by atoms with Crippen LogP contribution in [-0.2, 0) is 5.41 Å². The van der Waals surface area contributed by atoms with Crippen molar-refractivity contribution in [3.05, 3.63) is 283 Å². The summed E-state index contributed by atoms with van der Waals surface area (Å²) in [5, 5.41) is 4.91. The molecule has 0 saturated heterocycles. The van der Waals surface area contributed by atoms with Crippen LogP contribution in [-0.4, -0.2) is 0 Å². The Kier molecular flexibility index (Phi) is 9.13. The lowest BCUT2D eigenvalue weighted by atomic mass is 9.67. The Hall–Kier alpha value is -8.26. The third-order valence-corrected chi connectivity index (χ3v) is 13.3. The topological polar surface area (TPSA) is 3.24 Å². The highest BCUT2D eigenvalue weighted by atomic mass is 15.1. The first kappa shape index (κ1) is 37.5. The molecule has 300 valence electrons. The molecule has 0 aromatic heterocycles. The van der Waals surface area contributed by atoms with Crippen molar-refractivity contribution in [1.29, 1.82) is 0 Å². The van der Waals surface area contributed by atoms with Gasteiger partial charge in [0.05, 0.1) is 11.1 Å². The normalized spacial score (nSPS) is 12.5. The molecule has 1 heteroatoms. The summed E-state index contributed by atoms with van der Waals surface area (Å²) < 4.78 is 0. The van der Waals surface area contributed by atoms with Crippen LogP contribution in [0.5, 0.6) is 0 Å². The molecule has 11 aromatic carbocycles. The Morgan fingerprint density at radius 1 is 0.250 bits per heavy atom. The lowest BCUT2D eigenvalue weighted by molar-refractivity contribution is 0.768. The zero-order valence-electron chi connectivity index (χ0n) is 35.3. The SMILES string of the molecule is c1ccc(-c2ccc(N(c3ccc4c(c3)C(c3ccccc3)(c3ccccc3)c3ccccc3-4)c3cc(-c4ccc5ccccc5c4)ccc3-c3ccc4ccccc4c3)cc2)cc1. The summed E-state index contributed by atoms with van der Waals surface area (Å²) in [7, 11) is 0. The van der Waals surface area contributed by atoms with Gasteiger partial charge in [-0.1, -0.05) is 218 Å². The predicted molar refractivity (Wildman–Crippen MR) is 270 cm³/mol. The third kappa shape index (κ3) is 6.24. The average Bonchev–Trinajstić information content (AvgIpc) is 3.67. The minimum Gasteiger partial charge on any atom is -0.310 e. The van der Waals surface area contributed by atoms with E-state index in [1.165, 1.54) is 77.2 Å². The second-order valence-corrected chi connectivity index (χ2v) is 16.9. The Bertz CT molecular complexity index is 3440. The highest BCUT2D eigenvalue weighted by Crippen LogP contribution is 2.57. The number of benzene rings is 11. The van der Waals surface area contributed by atoms with Gasteiger partial charge in [-0.2, -0.15) is 0 Å². The van der Waals surface area contributed by atoms with Gasteiger partial charge in [-0.05, 0) is 125 Å². The van der Waals surface area contributed by atoms with Crippen LogP contribution in [0.25, 0.3) is 66.1 Å². The number of hydrogen-bond donors (Lipinski definition) is 0. The maximum Gasteiger partial charge on any atom is 0.0714 e. The van der Waals surface area contributed by atoms with Crippen LogP contribution >= 0.6 is 0 Å². The van der Waals surface area contributed by atoms with Gasteiger partial charge in [0.15, 0.2) is 0 Å². The zero-order chi connectivity index (χ0) is 42.5. The zero-order valence-corrected chi connectivity index (χ0v) is 35.3. The van der Waals surface area contributed by atoms with E-state index >= 15 is 0 Å².